The van der Waals surface area contributed by atoms with Crippen LogP contribution >= 0.6 is 0 Å². The van der Waals surface area contributed by atoms with Gasteiger partial charge in [0.05, 0.1) is 0 Å². The predicted molar refractivity (Wildman–Crippen MR) is 92.4 cm³/mol. The number of rotatable bonds is 4. The summed E-state index contributed by atoms with van der Waals surface area (Å²) in [5, 5.41) is 0. The second-order valence-corrected chi connectivity index (χ2v) is 7.29. The molecule has 1 aliphatic heterocycles. The number of anilines is 1. The Morgan fingerprint density at radius 1 is 1.22 bits per heavy atom. The summed E-state index contributed by atoms with van der Waals surface area (Å²) in [7, 11) is 0. The van der Waals surface area contributed by atoms with Gasteiger partial charge in [-0.15, -0.1) is 0 Å². The van der Waals surface area contributed by atoms with Gasteiger partial charge in [0.15, 0.2) is 5.82 Å². The monoisotopic (exact) mass is 308 g/mol. The largest absolute Gasteiger partial charge is 0.356 e. The van der Waals surface area contributed by atoms with E-state index in [0.717, 1.165) is 49.2 Å². The summed E-state index contributed by atoms with van der Waals surface area (Å²) in [4.78, 5) is 16.4. The van der Waals surface area contributed by atoms with Crippen LogP contribution in [0.3, 0.4) is 0 Å². The Balaban J connectivity index is 1.63. The van der Waals surface area contributed by atoms with Gasteiger partial charge in [0.2, 0.25) is 0 Å². The third kappa shape index (κ3) is 2.82. The van der Waals surface area contributed by atoms with Crippen LogP contribution in [0.1, 0.15) is 37.9 Å². The fraction of sp³-hybridized carbons (Fsp3) is 0.526. The van der Waals surface area contributed by atoms with E-state index in [0.29, 0.717) is 0 Å². The van der Waals surface area contributed by atoms with Gasteiger partial charge in [-0.2, -0.15) is 0 Å². The Morgan fingerprint density at radius 2 is 2.09 bits per heavy atom. The van der Waals surface area contributed by atoms with Gasteiger partial charge in [0, 0.05) is 42.3 Å². The Morgan fingerprint density at radius 3 is 2.83 bits per heavy atom. The molecule has 0 bridgehead atoms. The van der Waals surface area contributed by atoms with Gasteiger partial charge in [0.1, 0.15) is 5.82 Å². The summed E-state index contributed by atoms with van der Waals surface area (Å²) in [6, 6.07) is 4.00. The maximum Gasteiger partial charge on any atom is 0.163 e. The molecule has 0 atom stereocenters. The van der Waals surface area contributed by atoms with Crippen LogP contribution in [0.4, 0.5) is 5.82 Å². The average Bonchev–Trinajstić information content (AvgIpc) is 2.99. The molecule has 1 saturated heterocycles. The van der Waals surface area contributed by atoms with E-state index in [1.54, 1.807) is 6.20 Å². The summed E-state index contributed by atoms with van der Waals surface area (Å²) in [5.41, 5.74) is 3.66. The maximum absolute atomic E-state index is 4.93. The molecule has 23 heavy (non-hydrogen) atoms. The molecule has 0 spiro atoms. The number of hydrogen-bond donors (Lipinski definition) is 0. The van der Waals surface area contributed by atoms with Crippen molar-refractivity contribution in [3.05, 3.63) is 35.8 Å². The number of nitrogens with zero attached hydrogens (tertiary/aromatic N) is 4. The van der Waals surface area contributed by atoms with Gasteiger partial charge in [-0.05, 0) is 49.7 Å². The number of hydrogen-bond acceptors (Lipinski definition) is 4. The van der Waals surface area contributed by atoms with E-state index in [1.165, 1.54) is 29.9 Å². The Bertz CT molecular complexity index is 690. The van der Waals surface area contributed by atoms with E-state index in [1.807, 2.05) is 18.3 Å². The molecule has 2 aromatic rings. The average molecular weight is 308 g/mol. The third-order valence-corrected chi connectivity index (χ3v) is 4.89. The molecule has 0 amide bonds. The number of aryl methyl sites for hydroxylation is 1. The SMILES string of the molecule is CC(C)CC1CN(c2nc(-c3cccnc3)nc3c2CCC3)C1. The van der Waals surface area contributed by atoms with Crippen LogP contribution in [-0.2, 0) is 12.8 Å². The van der Waals surface area contributed by atoms with Crippen molar-refractivity contribution < 1.29 is 0 Å². The number of aromatic nitrogens is 3. The van der Waals surface area contributed by atoms with Crippen molar-refractivity contribution in [3.63, 3.8) is 0 Å². The van der Waals surface area contributed by atoms with Gasteiger partial charge in [-0.1, -0.05) is 13.8 Å². The third-order valence-electron chi connectivity index (χ3n) is 4.89. The molecule has 2 aliphatic rings. The highest BCUT2D eigenvalue weighted by atomic mass is 15.3. The smallest absolute Gasteiger partial charge is 0.163 e. The second-order valence-electron chi connectivity index (χ2n) is 7.29. The fourth-order valence-electron chi connectivity index (χ4n) is 3.86. The zero-order chi connectivity index (χ0) is 15.8. The van der Waals surface area contributed by atoms with Crippen molar-refractivity contribution in [1.82, 2.24) is 15.0 Å². The first-order valence-electron chi connectivity index (χ1n) is 8.76. The van der Waals surface area contributed by atoms with E-state index < -0.39 is 0 Å². The Labute approximate surface area is 138 Å². The van der Waals surface area contributed by atoms with Gasteiger partial charge in [0.25, 0.3) is 0 Å². The van der Waals surface area contributed by atoms with E-state index in [-0.39, 0.29) is 0 Å². The lowest BCUT2D eigenvalue weighted by Gasteiger charge is -2.42. The molecule has 4 heteroatoms. The first-order valence-corrected chi connectivity index (χ1v) is 8.76. The Kier molecular flexibility index (Phi) is 3.76. The molecule has 0 radical (unpaired) electrons. The van der Waals surface area contributed by atoms with Gasteiger partial charge >= 0.3 is 0 Å². The van der Waals surface area contributed by atoms with E-state index >= 15 is 0 Å². The van der Waals surface area contributed by atoms with Crippen molar-refractivity contribution >= 4 is 5.82 Å². The van der Waals surface area contributed by atoms with Crippen LogP contribution in [-0.4, -0.2) is 28.0 Å². The number of fused-ring (bicyclic) bond motifs is 1. The first-order chi connectivity index (χ1) is 11.2. The Hall–Kier alpha value is -1.97. The highest BCUT2D eigenvalue weighted by molar-refractivity contribution is 5.61. The van der Waals surface area contributed by atoms with Gasteiger partial charge in [-0.3, -0.25) is 4.98 Å². The molecule has 3 heterocycles. The lowest BCUT2D eigenvalue weighted by Crippen LogP contribution is -2.48. The molecule has 120 valence electrons. The molecule has 1 aliphatic carbocycles. The van der Waals surface area contributed by atoms with Gasteiger partial charge in [-0.25, -0.2) is 9.97 Å². The van der Waals surface area contributed by atoms with Crippen molar-refractivity contribution in [1.29, 1.82) is 0 Å². The minimum absolute atomic E-state index is 0.782. The molecular weight excluding hydrogens is 284 g/mol. The summed E-state index contributed by atoms with van der Waals surface area (Å²) in [6.45, 7) is 6.92. The van der Waals surface area contributed by atoms with E-state index in [4.69, 9.17) is 9.97 Å². The summed E-state index contributed by atoms with van der Waals surface area (Å²) in [6.07, 6.45) is 8.39. The van der Waals surface area contributed by atoms with Crippen molar-refractivity contribution in [3.8, 4) is 11.4 Å². The lowest BCUT2D eigenvalue weighted by atomic mass is 9.90. The zero-order valence-corrected chi connectivity index (χ0v) is 14.0. The zero-order valence-electron chi connectivity index (χ0n) is 14.0. The molecular formula is C19H24N4. The highest BCUT2D eigenvalue weighted by Crippen LogP contribution is 2.35. The quantitative estimate of drug-likeness (QED) is 0.867. The molecule has 2 aromatic heterocycles. The minimum atomic E-state index is 0.782. The van der Waals surface area contributed by atoms with Crippen LogP contribution in [0.25, 0.3) is 11.4 Å². The van der Waals surface area contributed by atoms with Crippen LogP contribution in [0.15, 0.2) is 24.5 Å². The van der Waals surface area contributed by atoms with Crippen LogP contribution in [0.2, 0.25) is 0 Å². The van der Waals surface area contributed by atoms with E-state index in [9.17, 15) is 0 Å². The summed E-state index contributed by atoms with van der Waals surface area (Å²) in [5.74, 6) is 3.63. The molecule has 0 saturated carbocycles. The summed E-state index contributed by atoms with van der Waals surface area (Å²) < 4.78 is 0. The second kappa shape index (κ2) is 5.91. The van der Waals surface area contributed by atoms with Crippen molar-refractivity contribution in [2.24, 2.45) is 11.8 Å². The van der Waals surface area contributed by atoms with Crippen LogP contribution in [0.5, 0.6) is 0 Å². The number of pyridine rings is 1. The molecule has 1 fully saturated rings. The lowest BCUT2D eigenvalue weighted by molar-refractivity contribution is 0.335. The highest BCUT2D eigenvalue weighted by Gasteiger charge is 2.32. The van der Waals surface area contributed by atoms with Gasteiger partial charge < -0.3 is 4.90 Å². The fourth-order valence-corrected chi connectivity index (χ4v) is 3.86. The van der Waals surface area contributed by atoms with Crippen molar-refractivity contribution in [2.75, 3.05) is 18.0 Å². The topological polar surface area (TPSA) is 41.9 Å². The molecule has 0 N–H and O–H groups in total. The molecule has 0 unspecified atom stereocenters. The standard InChI is InChI=1S/C19H24N4/c1-13(2)9-14-11-23(12-14)19-16-6-3-7-17(16)21-18(22-19)15-5-4-8-20-10-15/h4-5,8,10,13-14H,3,6-7,9,11-12H2,1-2H3. The summed E-state index contributed by atoms with van der Waals surface area (Å²) >= 11 is 0. The molecule has 4 nitrogen and oxygen atoms in total. The normalized spacial score (nSPS) is 17.4. The van der Waals surface area contributed by atoms with E-state index in [2.05, 4.69) is 23.7 Å². The molecule has 0 aromatic carbocycles. The molecule has 4 rings (SSSR count). The van der Waals surface area contributed by atoms with Crippen molar-refractivity contribution in [2.45, 2.75) is 39.5 Å². The minimum Gasteiger partial charge on any atom is -0.356 e. The maximum atomic E-state index is 4.93. The predicted octanol–water partition coefficient (Wildman–Crippen LogP) is 3.51. The van der Waals surface area contributed by atoms with Crippen LogP contribution in [0, 0.1) is 11.8 Å². The van der Waals surface area contributed by atoms with Crippen LogP contribution < -0.4 is 4.90 Å². The first kappa shape index (κ1) is 14.6.